The molecule has 0 bridgehead atoms. The van der Waals surface area contributed by atoms with Crippen molar-refractivity contribution in [3.63, 3.8) is 0 Å². The fourth-order valence-electron chi connectivity index (χ4n) is 3.25. The van der Waals surface area contributed by atoms with Gasteiger partial charge < -0.3 is 19.5 Å². The van der Waals surface area contributed by atoms with Crippen LogP contribution in [0.4, 0.5) is 0 Å². The number of benzene rings is 1. The number of methoxy groups -OCH3 is 1. The predicted molar refractivity (Wildman–Crippen MR) is 111 cm³/mol. The SMILES string of the molecule is CCCNC(=O)CCC(=O)N1CCN(Cc2nc(-c3ccc(OC)cc3)no2)CC1. The van der Waals surface area contributed by atoms with Gasteiger partial charge in [0.2, 0.25) is 23.5 Å². The van der Waals surface area contributed by atoms with Crippen molar-refractivity contribution in [2.45, 2.75) is 32.7 Å². The van der Waals surface area contributed by atoms with E-state index in [2.05, 4.69) is 20.4 Å². The normalized spacial score (nSPS) is 14.5. The molecule has 2 amide bonds. The number of rotatable bonds is 9. The van der Waals surface area contributed by atoms with Gasteiger partial charge >= 0.3 is 0 Å². The lowest BCUT2D eigenvalue weighted by Gasteiger charge is -2.34. The molecule has 0 unspecified atom stereocenters. The summed E-state index contributed by atoms with van der Waals surface area (Å²) in [5, 5.41) is 6.85. The number of piperazine rings is 1. The summed E-state index contributed by atoms with van der Waals surface area (Å²) >= 11 is 0. The highest BCUT2D eigenvalue weighted by Crippen LogP contribution is 2.20. The van der Waals surface area contributed by atoms with Crippen molar-refractivity contribution in [3.8, 4) is 17.1 Å². The molecule has 0 spiro atoms. The molecule has 1 aromatic carbocycles. The molecule has 1 saturated heterocycles. The monoisotopic (exact) mass is 415 g/mol. The maximum absolute atomic E-state index is 12.3. The number of hydrogen-bond donors (Lipinski definition) is 1. The lowest BCUT2D eigenvalue weighted by molar-refractivity contribution is -0.135. The Morgan fingerprint density at radius 3 is 2.53 bits per heavy atom. The van der Waals surface area contributed by atoms with Crippen molar-refractivity contribution in [2.75, 3.05) is 39.8 Å². The molecule has 9 heteroatoms. The van der Waals surface area contributed by atoms with Crippen molar-refractivity contribution >= 4 is 11.8 Å². The summed E-state index contributed by atoms with van der Waals surface area (Å²) in [6, 6.07) is 7.49. The van der Waals surface area contributed by atoms with E-state index in [0.717, 1.165) is 30.8 Å². The Balaban J connectivity index is 1.43. The average molecular weight is 415 g/mol. The second-order valence-corrected chi connectivity index (χ2v) is 7.25. The first kappa shape index (κ1) is 21.8. The van der Waals surface area contributed by atoms with Crippen LogP contribution in [-0.2, 0) is 16.1 Å². The van der Waals surface area contributed by atoms with Crippen LogP contribution < -0.4 is 10.1 Å². The molecule has 0 saturated carbocycles. The van der Waals surface area contributed by atoms with Crippen LogP contribution in [-0.4, -0.2) is 71.6 Å². The molecule has 2 aromatic rings. The molecule has 1 N–H and O–H groups in total. The Morgan fingerprint density at radius 2 is 1.87 bits per heavy atom. The molecule has 30 heavy (non-hydrogen) atoms. The van der Waals surface area contributed by atoms with Gasteiger partial charge in [0.05, 0.1) is 13.7 Å². The molecule has 0 radical (unpaired) electrons. The van der Waals surface area contributed by atoms with Gasteiger partial charge in [0.1, 0.15) is 5.75 Å². The topological polar surface area (TPSA) is 101 Å². The highest BCUT2D eigenvalue weighted by atomic mass is 16.5. The minimum absolute atomic E-state index is 0.0286. The van der Waals surface area contributed by atoms with Gasteiger partial charge in [-0.3, -0.25) is 14.5 Å². The summed E-state index contributed by atoms with van der Waals surface area (Å²) in [7, 11) is 1.62. The molecular weight excluding hydrogens is 386 g/mol. The van der Waals surface area contributed by atoms with Crippen molar-refractivity contribution in [1.82, 2.24) is 25.3 Å². The van der Waals surface area contributed by atoms with Crippen LogP contribution in [0.1, 0.15) is 32.1 Å². The fourth-order valence-corrected chi connectivity index (χ4v) is 3.25. The maximum atomic E-state index is 12.3. The summed E-state index contributed by atoms with van der Waals surface area (Å²) in [6.45, 7) is 5.93. The first-order valence-corrected chi connectivity index (χ1v) is 10.3. The molecule has 0 atom stereocenters. The lowest BCUT2D eigenvalue weighted by Crippen LogP contribution is -2.48. The Labute approximate surface area is 176 Å². The molecule has 2 heterocycles. The largest absolute Gasteiger partial charge is 0.497 e. The molecule has 3 rings (SSSR count). The molecule has 0 aliphatic carbocycles. The van der Waals surface area contributed by atoms with Crippen LogP contribution in [0.25, 0.3) is 11.4 Å². The van der Waals surface area contributed by atoms with Crippen LogP contribution >= 0.6 is 0 Å². The van der Waals surface area contributed by atoms with Crippen molar-refractivity contribution < 1.29 is 18.8 Å². The van der Waals surface area contributed by atoms with Crippen LogP contribution in [0.5, 0.6) is 5.75 Å². The van der Waals surface area contributed by atoms with E-state index in [1.165, 1.54) is 0 Å². The van der Waals surface area contributed by atoms with Gasteiger partial charge in [-0.25, -0.2) is 0 Å². The fraction of sp³-hybridized carbons (Fsp3) is 0.524. The molecule has 1 fully saturated rings. The van der Waals surface area contributed by atoms with Gasteiger partial charge in [0, 0.05) is 51.1 Å². The first-order chi connectivity index (χ1) is 14.6. The second kappa shape index (κ2) is 10.7. The van der Waals surface area contributed by atoms with Crippen molar-refractivity contribution in [2.24, 2.45) is 0 Å². The number of nitrogens with one attached hydrogen (secondary N) is 1. The quantitative estimate of drug-likeness (QED) is 0.665. The minimum Gasteiger partial charge on any atom is -0.497 e. The van der Waals surface area contributed by atoms with E-state index in [0.29, 0.717) is 37.9 Å². The van der Waals surface area contributed by atoms with E-state index < -0.39 is 0 Å². The van der Waals surface area contributed by atoms with Gasteiger partial charge in [-0.15, -0.1) is 0 Å². The summed E-state index contributed by atoms with van der Waals surface area (Å²) < 4.78 is 10.6. The number of carbonyl (C=O) groups excluding carboxylic acids is 2. The zero-order chi connectivity index (χ0) is 21.3. The smallest absolute Gasteiger partial charge is 0.241 e. The highest BCUT2D eigenvalue weighted by Gasteiger charge is 2.23. The number of amides is 2. The van der Waals surface area contributed by atoms with Gasteiger partial charge in [0.25, 0.3) is 0 Å². The number of nitrogens with zero attached hydrogens (tertiary/aromatic N) is 4. The summed E-state index contributed by atoms with van der Waals surface area (Å²) in [6.07, 6.45) is 1.39. The van der Waals surface area contributed by atoms with Crippen LogP contribution in [0.2, 0.25) is 0 Å². The molecule has 1 aliphatic rings. The first-order valence-electron chi connectivity index (χ1n) is 10.3. The number of ether oxygens (including phenoxy) is 1. The summed E-state index contributed by atoms with van der Waals surface area (Å²) in [5.74, 6) is 1.83. The minimum atomic E-state index is -0.0621. The Morgan fingerprint density at radius 1 is 1.13 bits per heavy atom. The molecular formula is C21H29N5O4. The van der Waals surface area contributed by atoms with E-state index in [1.54, 1.807) is 7.11 Å². The lowest BCUT2D eigenvalue weighted by atomic mass is 10.2. The third kappa shape index (κ3) is 6.03. The van der Waals surface area contributed by atoms with E-state index >= 15 is 0 Å². The zero-order valence-electron chi connectivity index (χ0n) is 17.6. The molecule has 162 valence electrons. The Bertz CT molecular complexity index is 828. The Kier molecular flexibility index (Phi) is 7.78. The molecule has 9 nitrogen and oxygen atoms in total. The second-order valence-electron chi connectivity index (χ2n) is 7.25. The highest BCUT2D eigenvalue weighted by molar-refractivity contribution is 5.83. The van der Waals surface area contributed by atoms with Crippen LogP contribution in [0.15, 0.2) is 28.8 Å². The van der Waals surface area contributed by atoms with E-state index in [9.17, 15) is 9.59 Å². The van der Waals surface area contributed by atoms with Gasteiger partial charge in [-0.2, -0.15) is 4.98 Å². The van der Waals surface area contributed by atoms with Crippen LogP contribution in [0.3, 0.4) is 0 Å². The number of aromatic nitrogens is 2. The van der Waals surface area contributed by atoms with Crippen molar-refractivity contribution in [1.29, 1.82) is 0 Å². The third-order valence-electron chi connectivity index (χ3n) is 5.04. The van der Waals surface area contributed by atoms with E-state index in [-0.39, 0.29) is 24.7 Å². The van der Waals surface area contributed by atoms with Gasteiger partial charge in [-0.1, -0.05) is 12.1 Å². The maximum Gasteiger partial charge on any atom is 0.241 e. The van der Waals surface area contributed by atoms with Crippen LogP contribution in [0, 0.1) is 0 Å². The van der Waals surface area contributed by atoms with Crippen molar-refractivity contribution in [3.05, 3.63) is 30.2 Å². The summed E-state index contributed by atoms with van der Waals surface area (Å²) in [4.78, 5) is 32.5. The van der Waals surface area contributed by atoms with E-state index in [1.807, 2.05) is 36.1 Å². The van der Waals surface area contributed by atoms with E-state index in [4.69, 9.17) is 9.26 Å². The number of hydrogen-bond acceptors (Lipinski definition) is 7. The molecule has 1 aromatic heterocycles. The zero-order valence-corrected chi connectivity index (χ0v) is 17.6. The molecule has 1 aliphatic heterocycles. The predicted octanol–water partition coefficient (Wildman–Crippen LogP) is 1.70. The third-order valence-corrected chi connectivity index (χ3v) is 5.04. The standard InChI is InChI=1S/C21H29N5O4/c1-3-10-22-18(27)8-9-20(28)26-13-11-25(12-14-26)15-19-23-21(24-30-19)16-4-6-17(29-2)7-5-16/h4-7H,3,8-15H2,1-2H3,(H,22,27). The average Bonchev–Trinajstić information content (AvgIpc) is 3.25. The van der Waals surface area contributed by atoms with Gasteiger partial charge in [0.15, 0.2) is 0 Å². The van der Waals surface area contributed by atoms with Gasteiger partial charge in [-0.05, 0) is 30.7 Å². The summed E-state index contributed by atoms with van der Waals surface area (Å²) in [5.41, 5.74) is 0.865. The Hall–Kier alpha value is -2.94. The number of carbonyl (C=O) groups is 2.